The van der Waals surface area contributed by atoms with Crippen LogP contribution in [-0.2, 0) is 4.79 Å². The van der Waals surface area contributed by atoms with Gasteiger partial charge in [0.1, 0.15) is 10.9 Å². The Hall–Kier alpha value is -1.71. The summed E-state index contributed by atoms with van der Waals surface area (Å²) in [6, 6.07) is 11.2. The van der Waals surface area contributed by atoms with Gasteiger partial charge in [0.05, 0.1) is 0 Å². The van der Waals surface area contributed by atoms with Crippen molar-refractivity contribution in [2.24, 2.45) is 0 Å². The largest absolute Gasteiger partial charge is 0.308 e. The molecule has 1 aromatic heterocycles. The lowest BCUT2D eigenvalue weighted by Crippen LogP contribution is -1.97. The molecule has 0 unspecified atom stereocenters. The first-order chi connectivity index (χ1) is 8.72. The summed E-state index contributed by atoms with van der Waals surface area (Å²) in [5, 5.41) is 0.656. The smallest absolute Gasteiger partial charge is 0.142 e. The highest BCUT2D eigenvalue weighted by Gasteiger charge is 2.00. The number of allylic oxidation sites excluding steroid dienone is 1. The minimum absolute atomic E-state index is 0.637. The monoisotopic (exact) mass is 275 g/mol. The lowest BCUT2D eigenvalue weighted by atomic mass is 10.2. The average Bonchev–Trinajstić information content (AvgIpc) is 2.37. The Morgan fingerprint density at radius 2 is 2.06 bits per heavy atom. The van der Waals surface area contributed by atoms with Crippen LogP contribution in [0.3, 0.4) is 0 Å². The number of pyridine rings is 1. The van der Waals surface area contributed by atoms with E-state index in [4.69, 9.17) is 23.8 Å². The van der Waals surface area contributed by atoms with Gasteiger partial charge in [0.25, 0.3) is 0 Å². The molecule has 4 heteroatoms. The molecule has 0 fully saturated rings. The van der Waals surface area contributed by atoms with Crippen LogP contribution < -0.4 is 0 Å². The van der Waals surface area contributed by atoms with E-state index in [0.717, 1.165) is 17.5 Å². The van der Waals surface area contributed by atoms with Crippen molar-refractivity contribution in [3.05, 3.63) is 63.9 Å². The average molecular weight is 276 g/mol. The summed E-state index contributed by atoms with van der Waals surface area (Å²) in [6.45, 7) is 0. The second-order valence-electron chi connectivity index (χ2n) is 3.61. The highest BCUT2D eigenvalue weighted by molar-refractivity contribution is 7.71. The van der Waals surface area contributed by atoms with Gasteiger partial charge < -0.3 is 4.57 Å². The number of nitrogens with zero attached hydrogens (tertiary/aromatic N) is 1. The van der Waals surface area contributed by atoms with Gasteiger partial charge in [0, 0.05) is 22.5 Å². The molecule has 0 spiro atoms. The molecule has 0 aliphatic carbocycles. The van der Waals surface area contributed by atoms with Gasteiger partial charge in [-0.05, 0) is 36.4 Å². The summed E-state index contributed by atoms with van der Waals surface area (Å²) >= 11 is 11.3. The van der Waals surface area contributed by atoms with Crippen molar-refractivity contribution >= 4 is 36.2 Å². The molecular weight excluding hydrogens is 266 g/mol. The van der Waals surface area contributed by atoms with E-state index >= 15 is 0 Å². The van der Waals surface area contributed by atoms with E-state index in [2.05, 4.69) is 0 Å². The molecular formula is C14H10ClNOS. The quantitative estimate of drug-likeness (QED) is 0.478. The molecule has 0 saturated heterocycles. The van der Waals surface area contributed by atoms with Crippen LogP contribution in [0.25, 0.3) is 11.8 Å². The molecule has 0 aliphatic rings. The first-order valence-electron chi connectivity index (χ1n) is 5.32. The number of benzene rings is 1. The molecule has 0 saturated carbocycles. The maximum atomic E-state index is 10.3. The van der Waals surface area contributed by atoms with Gasteiger partial charge in [0.15, 0.2) is 0 Å². The zero-order valence-corrected chi connectivity index (χ0v) is 11.0. The zero-order chi connectivity index (χ0) is 13.0. The van der Waals surface area contributed by atoms with E-state index < -0.39 is 0 Å². The van der Waals surface area contributed by atoms with Gasteiger partial charge >= 0.3 is 0 Å². The van der Waals surface area contributed by atoms with E-state index in [1.54, 1.807) is 6.08 Å². The number of aldehydes is 1. The van der Waals surface area contributed by atoms with E-state index in [9.17, 15) is 4.79 Å². The predicted molar refractivity (Wildman–Crippen MR) is 76.7 cm³/mol. The molecule has 0 bridgehead atoms. The van der Waals surface area contributed by atoms with Crippen LogP contribution in [0, 0.1) is 4.64 Å². The summed E-state index contributed by atoms with van der Waals surface area (Å²) in [5.74, 6) is 0. The fourth-order valence-electron chi connectivity index (χ4n) is 1.61. The highest BCUT2D eigenvalue weighted by Crippen LogP contribution is 2.17. The second-order valence-corrected chi connectivity index (χ2v) is 4.44. The van der Waals surface area contributed by atoms with Crippen molar-refractivity contribution in [1.82, 2.24) is 4.57 Å². The predicted octanol–water partition coefficient (Wildman–Crippen LogP) is 4.07. The lowest BCUT2D eigenvalue weighted by Gasteiger charge is -2.08. The van der Waals surface area contributed by atoms with Crippen molar-refractivity contribution in [1.29, 1.82) is 0 Å². The van der Waals surface area contributed by atoms with Gasteiger partial charge in [0.2, 0.25) is 0 Å². The molecule has 0 N–H and O–H groups in total. The lowest BCUT2D eigenvalue weighted by molar-refractivity contribution is -0.104. The number of aromatic nitrogens is 1. The Morgan fingerprint density at radius 1 is 1.22 bits per heavy atom. The number of carbonyl (C=O) groups excluding carboxylic acids is 1. The standard InChI is InChI=1S/C14H10ClNOS/c15-12-6-1-7-13(10-12)16-8-2-4-11(14(16)18)5-3-9-17/h1-10H. The molecule has 2 aromatic rings. The summed E-state index contributed by atoms with van der Waals surface area (Å²) in [5.41, 5.74) is 1.72. The Kier molecular flexibility index (Phi) is 4.07. The SMILES string of the molecule is O=CC=Cc1cccn(-c2cccc(Cl)c2)c1=S. The fourth-order valence-corrected chi connectivity index (χ4v) is 2.10. The third-order valence-electron chi connectivity index (χ3n) is 2.42. The molecule has 1 aromatic carbocycles. The van der Waals surface area contributed by atoms with E-state index in [-0.39, 0.29) is 0 Å². The molecule has 0 aliphatic heterocycles. The molecule has 0 amide bonds. The van der Waals surface area contributed by atoms with Crippen LogP contribution >= 0.6 is 23.8 Å². The minimum atomic E-state index is 0.637. The molecule has 1 heterocycles. The number of carbonyl (C=O) groups is 1. The molecule has 2 nitrogen and oxygen atoms in total. The van der Waals surface area contributed by atoms with Crippen molar-refractivity contribution < 1.29 is 4.79 Å². The first-order valence-corrected chi connectivity index (χ1v) is 6.10. The van der Waals surface area contributed by atoms with Gasteiger partial charge in [-0.1, -0.05) is 36.0 Å². The fraction of sp³-hybridized carbons (Fsp3) is 0. The van der Waals surface area contributed by atoms with Crippen LogP contribution in [-0.4, -0.2) is 10.9 Å². The van der Waals surface area contributed by atoms with Crippen LogP contribution in [0.15, 0.2) is 48.7 Å². The first kappa shape index (κ1) is 12.7. The summed E-state index contributed by atoms with van der Waals surface area (Å²) in [7, 11) is 0. The number of hydrogen-bond acceptors (Lipinski definition) is 2. The third-order valence-corrected chi connectivity index (χ3v) is 3.08. The van der Waals surface area contributed by atoms with Crippen LogP contribution in [0.2, 0.25) is 5.02 Å². The Bertz CT molecular complexity index is 661. The third kappa shape index (κ3) is 2.75. The summed E-state index contributed by atoms with van der Waals surface area (Å²) < 4.78 is 2.49. The molecule has 0 atom stereocenters. The van der Waals surface area contributed by atoms with Crippen molar-refractivity contribution in [3.63, 3.8) is 0 Å². The van der Waals surface area contributed by atoms with Crippen LogP contribution in [0.5, 0.6) is 0 Å². The van der Waals surface area contributed by atoms with Gasteiger partial charge in [-0.15, -0.1) is 0 Å². The summed E-state index contributed by atoms with van der Waals surface area (Å²) in [4.78, 5) is 10.3. The molecule has 18 heavy (non-hydrogen) atoms. The van der Waals surface area contributed by atoms with E-state index in [0.29, 0.717) is 9.66 Å². The van der Waals surface area contributed by atoms with E-state index in [1.165, 1.54) is 6.08 Å². The Labute approximate surface area is 115 Å². The van der Waals surface area contributed by atoms with Gasteiger partial charge in [-0.2, -0.15) is 0 Å². The number of halogens is 1. The zero-order valence-electron chi connectivity index (χ0n) is 9.42. The molecule has 0 radical (unpaired) electrons. The normalized spacial score (nSPS) is 10.7. The summed E-state index contributed by atoms with van der Waals surface area (Å²) in [6.07, 6.45) is 5.71. The van der Waals surface area contributed by atoms with Crippen LogP contribution in [0.1, 0.15) is 5.56 Å². The minimum Gasteiger partial charge on any atom is -0.308 e. The highest BCUT2D eigenvalue weighted by atomic mass is 35.5. The maximum absolute atomic E-state index is 10.3. The maximum Gasteiger partial charge on any atom is 0.142 e. The van der Waals surface area contributed by atoms with Gasteiger partial charge in [-0.3, -0.25) is 4.79 Å². The van der Waals surface area contributed by atoms with Crippen molar-refractivity contribution in [3.8, 4) is 5.69 Å². The number of hydrogen-bond donors (Lipinski definition) is 0. The Morgan fingerprint density at radius 3 is 2.78 bits per heavy atom. The molecule has 2 rings (SSSR count). The van der Waals surface area contributed by atoms with E-state index in [1.807, 2.05) is 47.2 Å². The second kappa shape index (κ2) is 5.76. The van der Waals surface area contributed by atoms with Crippen LogP contribution in [0.4, 0.5) is 0 Å². The number of rotatable bonds is 3. The van der Waals surface area contributed by atoms with Crippen molar-refractivity contribution in [2.75, 3.05) is 0 Å². The Balaban J connectivity index is 2.56. The van der Waals surface area contributed by atoms with Gasteiger partial charge in [-0.25, -0.2) is 0 Å². The van der Waals surface area contributed by atoms with Crippen molar-refractivity contribution in [2.45, 2.75) is 0 Å². The molecule has 90 valence electrons. The topological polar surface area (TPSA) is 22.0 Å².